The molecular formula is C27H41N9O5. The molecule has 0 saturated heterocycles. The minimum atomic E-state index is -0.978. The van der Waals surface area contributed by atoms with Gasteiger partial charge in [0.2, 0.25) is 0 Å². The summed E-state index contributed by atoms with van der Waals surface area (Å²) in [6.07, 6.45) is 1.14. The molecule has 2 heterocycles. The third-order valence-corrected chi connectivity index (χ3v) is 5.96. The fraction of sp³-hybridized carbons (Fsp3) is 0.481. The molecule has 224 valence electrons. The van der Waals surface area contributed by atoms with Crippen LogP contribution in [-0.4, -0.2) is 80.6 Å². The van der Waals surface area contributed by atoms with Crippen LogP contribution in [0.1, 0.15) is 37.4 Å². The molecule has 1 aromatic carbocycles. The van der Waals surface area contributed by atoms with Crippen LogP contribution >= 0.6 is 0 Å². The van der Waals surface area contributed by atoms with Crippen LogP contribution in [0.3, 0.4) is 0 Å². The molecule has 0 aliphatic carbocycles. The topological polar surface area (TPSA) is 197 Å². The number of nitrogens with one attached hydrogen (secondary N) is 3. The maximum absolute atomic E-state index is 13.0. The van der Waals surface area contributed by atoms with E-state index in [9.17, 15) is 14.7 Å². The maximum atomic E-state index is 13.0. The number of nitrogens with zero attached hydrogens (tertiary/aromatic N) is 5. The monoisotopic (exact) mass is 571 g/mol. The minimum absolute atomic E-state index is 0.113. The molecule has 0 amide bonds. The number of carbonyl (C=O) groups is 1. The van der Waals surface area contributed by atoms with Gasteiger partial charge in [0.05, 0.1) is 12.2 Å². The zero-order valence-corrected chi connectivity index (χ0v) is 24.5. The average Bonchev–Trinajstić information content (AvgIpc) is 3.21. The second kappa shape index (κ2) is 15.4. The Morgan fingerprint density at radius 2 is 1.88 bits per heavy atom. The third kappa shape index (κ3) is 9.31. The van der Waals surface area contributed by atoms with Gasteiger partial charge in [0.1, 0.15) is 23.7 Å². The third-order valence-electron chi connectivity index (χ3n) is 5.96. The first kappa shape index (κ1) is 32.8. The number of guanidine groups is 2. The van der Waals surface area contributed by atoms with Crippen LogP contribution in [0.2, 0.25) is 0 Å². The Morgan fingerprint density at radius 3 is 2.39 bits per heavy atom. The molecule has 0 bridgehead atoms. The quantitative estimate of drug-likeness (QED) is 0.166. The molecule has 1 atom stereocenters. The summed E-state index contributed by atoms with van der Waals surface area (Å²) in [4.78, 5) is 30.4. The van der Waals surface area contributed by atoms with Gasteiger partial charge in [-0.05, 0) is 38.0 Å². The van der Waals surface area contributed by atoms with E-state index in [1.165, 1.54) is 4.90 Å². The van der Waals surface area contributed by atoms with E-state index in [1.807, 2.05) is 19.1 Å². The Kier molecular flexibility index (Phi) is 12.3. The SMILES string of the molecule is CCCc1nn(C)c2c(=O)n(CCOc3ccc(CC(OCC)C(=O)O)cc3)c(C)nc12.CN(C)C(=N)NC(=N)N. The number of hydrogen-bond acceptors (Lipinski definition) is 8. The Hall–Kier alpha value is -4.46. The van der Waals surface area contributed by atoms with E-state index in [0.29, 0.717) is 42.4 Å². The largest absolute Gasteiger partial charge is 0.492 e. The number of carboxylic acids is 1. The number of aliphatic carboxylic acids is 1. The van der Waals surface area contributed by atoms with Gasteiger partial charge in [-0.25, -0.2) is 9.78 Å². The van der Waals surface area contributed by atoms with Crippen LogP contribution in [-0.2, 0) is 36.0 Å². The molecule has 3 aromatic rings. The van der Waals surface area contributed by atoms with Gasteiger partial charge in [-0.1, -0.05) is 25.5 Å². The molecule has 1 unspecified atom stereocenters. The van der Waals surface area contributed by atoms with E-state index in [0.717, 1.165) is 24.1 Å². The number of rotatable bonds is 11. The van der Waals surface area contributed by atoms with Crippen LogP contribution in [0.4, 0.5) is 0 Å². The first-order valence-corrected chi connectivity index (χ1v) is 13.3. The van der Waals surface area contributed by atoms with Crippen molar-refractivity contribution in [3.8, 4) is 5.75 Å². The summed E-state index contributed by atoms with van der Waals surface area (Å²) in [5.74, 6) is 0.190. The smallest absolute Gasteiger partial charge is 0.333 e. The zero-order valence-electron chi connectivity index (χ0n) is 24.5. The number of fused-ring (bicyclic) bond motifs is 1. The molecule has 14 nitrogen and oxygen atoms in total. The van der Waals surface area contributed by atoms with E-state index in [4.69, 9.17) is 26.0 Å². The summed E-state index contributed by atoms with van der Waals surface area (Å²) in [5.41, 5.74) is 7.69. The van der Waals surface area contributed by atoms with E-state index in [2.05, 4.69) is 22.3 Å². The summed E-state index contributed by atoms with van der Waals surface area (Å²) in [6, 6.07) is 7.21. The summed E-state index contributed by atoms with van der Waals surface area (Å²) in [5, 5.41) is 29.8. The van der Waals surface area contributed by atoms with Crippen LogP contribution in [0.5, 0.6) is 5.75 Å². The Labute approximate surface area is 239 Å². The van der Waals surface area contributed by atoms with E-state index >= 15 is 0 Å². The van der Waals surface area contributed by atoms with Gasteiger partial charge in [-0.15, -0.1) is 0 Å². The molecule has 0 spiro atoms. The molecule has 3 rings (SSSR count). The highest BCUT2D eigenvalue weighted by Gasteiger charge is 2.18. The van der Waals surface area contributed by atoms with Crippen molar-refractivity contribution in [3.63, 3.8) is 0 Å². The maximum Gasteiger partial charge on any atom is 0.333 e. The Balaban J connectivity index is 0.000000564. The second-order valence-corrected chi connectivity index (χ2v) is 9.39. The highest BCUT2D eigenvalue weighted by molar-refractivity contribution is 5.94. The molecule has 0 aliphatic rings. The van der Waals surface area contributed by atoms with Gasteiger partial charge >= 0.3 is 5.97 Å². The van der Waals surface area contributed by atoms with E-state index in [1.54, 1.807) is 49.4 Å². The van der Waals surface area contributed by atoms with E-state index in [-0.39, 0.29) is 23.9 Å². The van der Waals surface area contributed by atoms with Gasteiger partial charge in [-0.3, -0.25) is 30.2 Å². The summed E-state index contributed by atoms with van der Waals surface area (Å²) >= 11 is 0. The first-order chi connectivity index (χ1) is 19.4. The summed E-state index contributed by atoms with van der Waals surface area (Å²) in [7, 11) is 5.15. The molecule has 2 aromatic heterocycles. The van der Waals surface area contributed by atoms with Crippen LogP contribution in [0.25, 0.3) is 11.0 Å². The molecule has 0 radical (unpaired) electrons. The molecule has 0 saturated carbocycles. The molecule has 0 fully saturated rings. The lowest BCUT2D eigenvalue weighted by atomic mass is 10.1. The standard InChI is InChI=1S/C23H30N4O5.C4H11N5/c1-5-7-18-20-21(26(4)25-18)22(28)27(15(3)24-20)12-13-32-17-10-8-16(9-11-17)14-19(23(29)30)31-6-2;1-9(2)4(7)8-3(5)6/h8-11,19H,5-7,12-14H2,1-4H3,(H,29,30);1-2H3,(H5,5,6,7,8). The van der Waals surface area contributed by atoms with Gasteiger partial charge in [-0.2, -0.15) is 5.10 Å². The first-order valence-electron chi connectivity index (χ1n) is 13.3. The fourth-order valence-electron chi connectivity index (χ4n) is 3.94. The molecule has 0 aliphatic heterocycles. The molecule has 6 N–H and O–H groups in total. The van der Waals surface area contributed by atoms with Crippen LogP contribution in [0, 0.1) is 17.7 Å². The lowest BCUT2D eigenvalue weighted by Crippen LogP contribution is -2.42. The van der Waals surface area contributed by atoms with Crippen LogP contribution in [0.15, 0.2) is 29.1 Å². The summed E-state index contributed by atoms with van der Waals surface area (Å²) < 4.78 is 14.3. The van der Waals surface area contributed by atoms with Crippen molar-refractivity contribution < 1.29 is 19.4 Å². The average molecular weight is 572 g/mol. The number of hydrogen-bond donors (Lipinski definition) is 5. The summed E-state index contributed by atoms with van der Waals surface area (Å²) in [6.45, 7) is 6.65. The minimum Gasteiger partial charge on any atom is -0.492 e. The number of aromatic nitrogens is 4. The predicted octanol–water partition coefficient (Wildman–Crippen LogP) is 1.47. The highest BCUT2D eigenvalue weighted by Crippen LogP contribution is 2.16. The Bertz CT molecular complexity index is 1400. The van der Waals surface area contributed by atoms with Gasteiger partial charge in [0, 0.05) is 34.2 Å². The van der Waals surface area contributed by atoms with E-state index < -0.39 is 12.1 Å². The normalized spacial score (nSPS) is 11.4. The molecule has 14 heteroatoms. The fourth-order valence-corrected chi connectivity index (χ4v) is 3.94. The number of carboxylic acid groups (broad SMARTS) is 1. The van der Waals surface area contributed by atoms with Gasteiger partial charge < -0.3 is 25.2 Å². The molecule has 41 heavy (non-hydrogen) atoms. The van der Waals surface area contributed by atoms with Crippen molar-refractivity contribution in [2.75, 3.05) is 27.3 Å². The molecular weight excluding hydrogens is 530 g/mol. The zero-order chi connectivity index (χ0) is 30.7. The van der Waals surface area contributed by atoms with Crippen molar-refractivity contribution in [2.45, 2.75) is 52.7 Å². The van der Waals surface area contributed by atoms with Crippen molar-refractivity contribution >= 4 is 28.9 Å². The number of benzene rings is 1. The number of nitrogens with two attached hydrogens (primary N) is 1. The van der Waals surface area contributed by atoms with Crippen molar-refractivity contribution in [2.24, 2.45) is 12.8 Å². The number of ether oxygens (including phenoxy) is 2. The van der Waals surface area contributed by atoms with Crippen molar-refractivity contribution in [3.05, 3.63) is 51.7 Å². The predicted molar refractivity (Wildman–Crippen MR) is 157 cm³/mol. The lowest BCUT2D eigenvalue weighted by Gasteiger charge is -2.13. The number of aryl methyl sites for hydroxylation is 3. The van der Waals surface area contributed by atoms with Gasteiger partial charge in [0.15, 0.2) is 23.5 Å². The van der Waals surface area contributed by atoms with Gasteiger partial charge in [0.25, 0.3) is 5.56 Å². The Morgan fingerprint density at radius 1 is 1.22 bits per heavy atom. The van der Waals surface area contributed by atoms with Crippen molar-refractivity contribution in [1.82, 2.24) is 29.5 Å². The highest BCUT2D eigenvalue weighted by atomic mass is 16.5. The van der Waals surface area contributed by atoms with Crippen molar-refractivity contribution in [1.29, 1.82) is 10.8 Å². The second-order valence-electron chi connectivity index (χ2n) is 9.39. The van der Waals surface area contributed by atoms with Crippen LogP contribution < -0.4 is 21.3 Å². The lowest BCUT2D eigenvalue weighted by molar-refractivity contribution is -0.149.